The normalized spacial score (nSPS) is 26.8. The molecule has 0 bridgehead atoms. The van der Waals surface area contributed by atoms with Crippen molar-refractivity contribution < 1.29 is 9.59 Å². The van der Waals surface area contributed by atoms with Crippen LogP contribution in [0.3, 0.4) is 0 Å². The molecule has 2 aliphatic carbocycles. The number of nitrogens with zero attached hydrogens (tertiary/aromatic N) is 1. The van der Waals surface area contributed by atoms with Crippen molar-refractivity contribution in [2.24, 2.45) is 17.8 Å². The summed E-state index contributed by atoms with van der Waals surface area (Å²) in [6, 6.07) is 9.32. The van der Waals surface area contributed by atoms with E-state index in [1.165, 1.54) is 6.42 Å². The van der Waals surface area contributed by atoms with Crippen molar-refractivity contribution in [2.75, 3.05) is 18.9 Å². The molecule has 0 saturated heterocycles. The first-order valence-electron chi connectivity index (χ1n) is 7.23. The Balaban J connectivity index is 1.49. The van der Waals surface area contributed by atoms with Gasteiger partial charge in [0, 0.05) is 18.7 Å². The molecular weight excluding hydrogens is 252 g/mol. The van der Waals surface area contributed by atoms with E-state index < -0.39 is 0 Å². The molecule has 2 unspecified atom stereocenters. The van der Waals surface area contributed by atoms with Crippen LogP contribution in [0.25, 0.3) is 0 Å². The highest BCUT2D eigenvalue weighted by molar-refractivity contribution is 5.94. The molecule has 2 saturated carbocycles. The van der Waals surface area contributed by atoms with E-state index in [0.717, 1.165) is 30.4 Å². The summed E-state index contributed by atoms with van der Waals surface area (Å²) in [7, 11) is 1.72. The third-order valence-corrected chi connectivity index (χ3v) is 4.41. The fourth-order valence-corrected chi connectivity index (χ4v) is 3.24. The molecule has 0 aliphatic heterocycles. The number of carbonyl (C=O) groups is 2. The average Bonchev–Trinajstić information content (AvgIpc) is 3.05. The number of benzene rings is 1. The second-order valence-corrected chi connectivity index (χ2v) is 6.03. The standard InChI is InChI=1S/C16H20N2O2/c1-18(16(20)13-8-11-7-12(11)9-13)10-15(19)17-14-5-3-2-4-6-14/h2-6,11-13H,7-10H2,1H3,(H,17,19). The van der Waals surface area contributed by atoms with Gasteiger partial charge in [0.1, 0.15) is 0 Å². The average molecular weight is 272 g/mol. The van der Waals surface area contributed by atoms with E-state index in [0.29, 0.717) is 0 Å². The third-order valence-electron chi connectivity index (χ3n) is 4.41. The highest BCUT2D eigenvalue weighted by Crippen LogP contribution is 2.54. The van der Waals surface area contributed by atoms with Gasteiger partial charge in [-0.05, 0) is 43.2 Å². The Labute approximate surface area is 119 Å². The highest BCUT2D eigenvalue weighted by atomic mass is 16.2. The zero-order chi connectivity index (χ0) is 14.1. The lowest BCUT2D eigenvalue weighted by molar-refractivity contribution is -0.137. The number of hydrogen-bond acceptors (Lipinski definition) is 2. The smallest absolute Gasteiger partial charge is 0.243 e. The van der Waals surface area contributed by atoms with Gasteiger partial charge < -0.3 is 10.2 Å². The summed E-state index contributed by atoms with van der Waals surface area (Å²) in [5.41, 5.74) is 0.764. The molecule has 1 aromatic rings. The molecule has 2 amide bonds. The molecular formula is C16H20N2O2. The van der Waals surface area contributed by atoms with Gasteiger partial charge in [-0.3, -0.25) is 9.59 Å². The molecule has 2 fully saturated rings. The number of hydrogen-bond donors (Lipinski definition) is 1. The van der Waals surface area contributed by atoms with Gasteiger partial charge in [-0.25, -0.2) is 0 Å². The van der Waals surface area contributed by atoms with E-state index in [4.69, 9.17) is 0 Å². The lowest BCUT2D eigenvalue weighted by atomic mass is 10.0. The molecule has 4 heteroatoms. The predicted molar refractivity (Wildman–Crippen MR) is 77.0 cm³/mol. The first kappa shape index (κ1) is 13.2. The molecule has 4 nitrogen and oxygen atoms in total. The minimum absolute atomic E-state index is 0.125. The van der Waals surface area contributed by atoms with Gasteiger partial charge in [0.15, 0.2) is 0 Å². The molecule has 106 valence electrons. The van der Waals surface area contributed by atoms with Crippen LogP contribution in [0.4, 0.5) is 5.69 Å². The first-order valence-corrected chi connectivity index (χ1v) is 7.23. The van der Waals surface area contributed by atoms with Crippen molar-refractivity contribution in [1.29, 1.82) is 0 Å². The number of nitrogens with one attached hydrogen (secondary N) is 1. The summed E-state index contributed by atoms with van der Waals surface area (Å²) >= 11 is 0. The molecule has 20 heavy (non-hydrogen) atoms. The zero-order valence-electron chi connectivity index (χ0n) is 11.7. The molecule has 2 aliphatic rings. The molecule has 0 aromatic heterocycles. The Hall–Kier alpha value is -1.84. The molecule has 0 spiro atoms. The van der Waals surface area contributed by atoms with Crippen LogP contribution >= 0.6 is 0 Å². The van der Waals surface area contributed by atoms with E-state index in [9.17, 15) is 9.59 Å². The maximum Gasteiger partial charge on any atom is 0.243 e. The maximum absolute atomic E-state index is 12.2. The number of likely N-dealkylation sites (N-methyl/N-ethyl adjacent to an activating group) is 1. The number of carbonyl (C=O) groups excluding carboxylic acids is 2. The van der Waals surface area contributed by atoms with Crippen LogP contribution in [0.5, 0.6) is 0 Å². The van der Waals surface area contributed by atoms with Crippen LogP contribution in [0.15, 0.2) is 30.3 Å². The van der Waals surface area contributed by atoms with Gasteiger partial charge in [-0.15, -0.1) is 0 Å². The summed E-state index contributed by atoms with van der Waals surface area (Å²) in [6.45, 7) is 0.125. The SMILES string of the molecule is CN(CC(=O)Nc1ccccc1)C(=O)C1CC2CC2C1. The van der Waals surface area contributed by atoms with Gasteiger partial charge >= 0.3 is 0 Å². The summed E-state index contributed by atoms with van der Waals surface area (Å²) in [6.07, 6.45) is 3.35. The van der Waals surface area contributed by atoms with E-state index >= 15 is 0 Å². The Morgan fingerprint density at radius 3 is 2.45 bits per heavy atom. The quantitative estimate of drug-likeness (QED) is 0.913. The summed E-state index contributed by atoms with van der Waals surface area (Å²) in [4.78, 5) is 25.7. The van der Waals surface area contributed by atoms with E-state index in [-0.39, 0.29) is 24.3 Å². The van der Waals surface area contributed by atoms with Crippen LogP contribution in [0, 0.1) is 17.8 Å². The van der Waals surface area contributed by atoms with Crippen LogP contribution in [0.2, 0.25) is 0 Å². The molecule has 2 atom stereocenters. The van der Waals surface area contributed by atoms with Crippen LogP contribution in [-0.2, 0) is 9.59 Å². The lowest BCUT2D eigenvalue weighted by Crippen LogP contribution is -2.38. The minimum Gasteiger partial charge on any atom is -0.336 e. The Bertz CT molecular complexity index is 504. The van der Waals surface area contributed by atoms with Gasteiger partial charge in [0.2, 0.25) is 11.8 Å². The van der Waals surface area contributed by atoms with Gasteiger partial charge in [0.25, 0.3) is 0 Å². The predicted octanol–water partition coefficient (Wildman–Crippen LogP) is 2.13. The van der Waals surface area contributed by atoms with Crippen LogP contribution < -0.4 is 5.32 Å². The molecule has 3 rings (SSSR count). The number of rotatable bonds is 4. The topological polar surface area (TPSA) is 49.4 Å². The van der Waals surface area contributed by atoms with Crippen molar-refractivity contribution in [3.63, 3.8) is 0 Å². The summed E-state index contributed by atoms with van der Waals surface area (Å²) in [5, 5.41) is 2.80. The Kier molecular flexibility index (Phi) is 3.47. The number of para-hydroxylation sites is 1. The van der Waals surface area contributed by atoms with Crippen LogP contribution in [-0.4, -0.2) is 30.3 Å². The van der Waals surface area contributed by atoms with Crippen LogP contribution in [0.1, 0.15) is 19.3 Å². The molecule has 0 radical (unpaired) electrons. The van der Waals surface area contributed by atoms with Crippen molar-refractivity contribution in [1.82, 2.24) is 4.90 Å². The van der Waals surface area contributed by atoms with E-state index in [2.05, 4.69) is 5.32 Å². The summed E-state index contributed by atoms with van der Waals surface area (Å²) in [5.74, 6) is 1.70. The fourth-order valence-electron chi connectivity index (χ4n) is 3.24. The molecule has 1 N–H and O–H groups in total. The van der Waals surface area contributed by atoms with E-state index in [1.54, 1.807) is 11.9 Å². The zero-order valence-corrected chi connectivity index (χ0v) is 11.7. The minimum atomic E-state index is -0.143. The Morgan fingerprint density at radius 2 is 1.80 bits per heavy atom. The van der Waals surface area contributed by atoms with Crippen molar-refractivity contribution >= 4 is 17.5 Å². The lowest BCUT2D eigenvalue weighted by Gasteiger charge is -2.21. The van der Waals surface area contributed by atoms with Crippen molar-refractivity contribution in [3.8, 4) is 0 Å². The second-order valence-electron chi connectivity index (χ2n) is 6.03. The second kappa shape index (κ2) is 5.27. The van der Waals surface area contributed by atoms with Gasteiger partial charge in [-0.2, -0.15) is 0 Å². The number of anilines is 1. The van der Waals surface area contributed by atoms with Crippen molar-refractivity contribution in [2.45, 2.75) is 19.3 Å². The van der Waals surface area contributed by atoms with Gasteiger partial charge in [-0.1, -0.05) is 18.2 Å². The third kappa shape index (κ3) is 2.84. The first-order chi connectivity index (χ1) is 9.63. The highest BCUT2D eigenvalue weighted by Gasteiger charge is 2.48. The molecule has 0 heterocycles. The maximum atomic E-state index is 12.2. The van der Waals surface area contributed by atoms with Crippen molar-refractivity contribution in [3.05, 3.63) is 30.3 Å². The van der Waals surface area contributed by atoms with Gasteiger partial charge in [0.05, 0.1) is 6.54 Å². The number of amides is 2. The largest absolute Gasteiger partial charge is 0.336 e. The fraction of sp³-hybridized carbons (Fsp3) is 0.500. The monoisotopic (exact) mass is 272 g/mol. The Morgan fingerprint density at radius 1 is 1.15 bits per heavy atom. The number of fused-ring (bicyclic) bond motifs is 1. The van der Waals surface area contributed by atoms with E-state index in [1.807, 2.05) is 30.3 Å². The molecule has 1 aromatic carbocycles. The summed E-state index contributed by atoms with van der Waals surface area (Å²) < 4.78 is 0.